The van der Waals surface area contributed by atoms with E-state index in [0.717, 1.165) is 6.07 Å². The van der Waals surface area contributed by atoms with Crippen molar-refractivity contribution < 1.29 is 19.1 Å². The average Bonchev–Trinajstić information content (AvgIpc) is 2.35. The Morgan fingerprint density at radius 3 is 2.61 bits per heavy atom. The predicted molar refractivity (Wildman–Crippen MR) is 64.8 cm³/mol. The fourth-order valence-corrected chi connectivity index (χ4v) is 1.36. The lowest BCUT2D eigenvalue weighted by Crippen LogP contribution is -2.40. The van der Waals surface area contributed by atoms with Gasteiger partial charge in [0, 0.05) is 12.1 Å². The molecule has 1 rings (SSSR count). The molecule has 1 aromatic rings. The molecule has 0 aliphatic carbocycles. The van der Waals surface area contributed by atoms with E-state index in [0.29, 0.717) is 6.42 Å². The van der Waals surface area contributed by atoms with Gasteiger partial charge in [0.25, 0.3) is 5.91 Å². The monoisotopic (exact) mass is 253 g/mol. The lowest BCUT2D eigenvalue weighted by atomic mass is 9.87. The Bertz CT molecular complexity index is 461. The molecule has 1 aromatic carbocycles. The summed E-state index contributed by atoms with van der Waals surface area (Å²) in [7, 11) is 0. The zero-order valence-electron chi connectivity index (χ0n) is 10.4. The standard InChI is InChI=1S/C13H16FNO3/c1-3-13(2,12(17)18)8-15-11(16)9-5-4-6-10(14)7-9/h4-7H,3,8H2,1-2H3,(H,15,16)(H,17,18). The van der Waals surface area contributed by atoms with E-state index in [4.69, 9.17) is 5.11 Å². The molecule has 1 atom stereocenters. The van der Waals surface area contributed by atoms with Crippen molar-refractivity contribution >= 4 is 11.9 Å². The zero-order chi connectivity index (χ0) is 13.8. The van der Waals surface area contributed by atoms with Gasteiger partial charge in [-0.25, -0.2) is 4.39 Å². The number of hydrogen-bond acceptors (Lipinski definition) is 2. The summed E-state index contributed by atoms with van der Waals surface area (Å²) in [5.74, 6) is -1.95. The van der Waals surface area contributed by atoms with Crippen LogP contribution < -0.4 is 5.32 Å². The first-order valence-corrected chi connectivity index (χ1v) is 5.66. The highest BCUT2D eigenvalue weighted by atomic mass is 19.1. The van der Waals surface area contributed by atoms with E-state index in [1.807, 2.05) is 0 Å². The van der Waals surface area contributed by atoms with Crippen molar-refractivity contribution in [3.8, 4) is 0 Å². The van der Waals surface area contributed by atoms with Crippen LogP contribution in [0.3, 0.4) is 0 Å². The summed E-state index contributed by atoms with van der Waals surface area (Å²) < 4.78 is 12.9. The maximum atomic E-state index is 12.9. The van der Waals surface area contributed by atoms with Crippen LogP contribution in [-0.2, 0) is 4.79 Å². The van der Waals surface area contributed by atoms with Crippen LogP contribution in [0.15, 0.2) is 24.3 Å². The number of nitrogens with one attached hydrogen (secondary N) is 1. The molecule has 0 aromatic heterocycles. The molecule has 0 heterocycles. The van der Waals surface area contributed by atoms with E-state index < -0.39 is 23.1 Å². The topological polar surface area (TPSA) is 66.4 Å². The Morgan fingerprint density at radius 1 is 1.44 bits per heavy atom. The lowest BCUT2D eigenvalue weighted by Gasteiger charge is -2.23. The highest BCUT2D eigenvalue weighted by molar-refractivity contribution is 5.94. The second-order valence-electron chi connectivity index (χ2n) is 4.41. The normalized spacial score (nSPS) is 13.7. The molecule has 0 spiro atoms. The lowest BCUT2D eigenvalue weighted by molar-refractivity contribution is -0.147. The molecule has 1 unspecified atom stereocenters. The predicted octanol–water partition coefficient (Wildman–Crippen LogP) is 2.06. The van der Waals surface area contributed by atoms with E-state index in [-0.39, 0.29) is 12.1 Å². The smallest absolute Gasteiger partial charge is 0.311 e. The van der Waals surface area contributed by atoms with Gasteiger partial charge in [0.1, 0.15) is 5.82 Å². The molecular weight excluding hydrogens is 237 g/mol. The molecule has 0 aliphatic rings. The first-order valence-electron chi connectivity index (χ1n) is 5.66. The molecule has 18 heavy (non-hydrogen) atoms. The van der Waals surface area contributed by atoms with E-state index in [1.165, 1.54) is 18.2 Å². The summed E-state index contributed by atoms with van der Waals surface area (Å²) >= 11 is 0. The van der Waals surface area contributed by atoms with Crippen LogP contribution >= 0.6 is 0 Å². The van der Waals surface area contributed by atoms with Gasteiger partial charge in [0.15, 0.2) is 0 Å². The van der Waals surface area contributed by atoms with Gasteiger partial charge in [-0.1, -0.05) is 13.0 Å². The second-order valence-corrected chi connectivity index (χ2v) is 4.41. The Kier molecular flexibility index (Phi) is 4.42. The average molecular weight is 253 g/mol. The quantitative estimate of drug-likeness (QED) is 0.844. The molecule has 0 fully saturated rings. The fraction of sp³-hybridized carbons (Fsp3) is 0.385. The van der Waals surface area contributed by atoms with Crippen LogP contribution in [0.4, 0.5) is 4.39 Å². The SMILES string of the molecule is CCC(C)(CNC(=O)c1cccc(F)c1)C(=O)O. The second kappa shape index (κ2) is 5.62. The summed E-state index contributed by atoms with van der Waals surface area (Å²) in [6.45, 7) is 3.30. The summed E-state index contributed by atoms with van der Waals surface area (Å²) in [5, 5.41) is 11.6. The minimum Gasteiger partial charge on any atom is -0.481 e. The van der Waals surface area contributed by atoms with Gasteiger partial charge in [-0.2, -0.15) is 0 Å². The minimum absolute atomic E-state index is 0.00812. The summed E-state index contributed by atoms with van der Waals surface area (Å²) in [6, 6.07) is 5.26. The molecule has 5 heteroatoms. The Balaban J connectivity index is 2.69. The minimum atomic E-state index is -1.01. The molecule has 2 N–H and O–H groups in total. The van der Waals surface area contributed by atoms with Crippen molar-refractivity contribution in [2.75, 3.05) is 6.54 Å². The number of carboxylic acid groups (broad SMARTS) is 1. The Hall–Kier alpha value is -1.91. The Labute approximate surface area is 105 Å². The van der Waals surface area contributed by atoms with E-state index in [9.17, 15) is 14.0 Å². The van der Waals surface area contributed by atoms with Crippen LogP contribution in [-0.4, -0.2) is 23.5 Å². The maximum absolute atomic E-state index is 12.9. The van der Waals surface area contributed by atoms with E-state index in [2.05, 4.69) is 5.32 Å². The van der Waals surface area contributed by atoms with Crippen molar-refractivity contribution in [1.82, 2.24) is 5.32 Å². The largest absolute Gasteiger partial charge is 0.481 e. The molecule has 98 valence electrons. The van der Waals surface area contributed by atoms with Crippen LogP contribution in [0.1, 0.15) is 30.6 Å². The summed E-state index contributed by atoms with van der Waals surface area (Å²) in [5.41, 5.74) is -0.831. The number of carboxylic acids is 1. The number of hydrogen-bond donors (Lipinski definition) is 2. The third-order valence-corrected chi connectivity index (χ3v) is 3.02. The van der Waals surface area contributed by atoms with Gasteiger partial charge in [-0.3, -0.25) is 9.59 Å². The van der Waals surface area contributed by atoms with E-state index >= 15 is 0 Å². The van der Waals surface area contributed by atoms with Crippen LogP contribution in [0.5, 0.6) is 0 Å². The molecule has 0 bridgehead atoms. The van der Waals surface area contributed by atoms with E-state index in [1.54, 1.807) is 13.8 Å². The maximum Gasteiger partial charge on any atom is 0.311 e. The molecular formula is C13H16FNO3. The highest BCUT2D eigenvalue weighted by Crippen LogP contribution is 2.20. The van der Waals surface area contributed by atoms with Crippen molar-refractivity contribution in [3.05, 3.63) is 35.6 Å². The Morgan fingerprint density at radius 2 is 2.11 bits per heavy atom. The van der Waals surface area contributed by atoms with Crippen LogP contribution in [0.25, 0.3) is 0 Å². The molecule has 0 saturated heterocycles. The molecule has 0 radical (unpaired) electrons. The van der Waals surface area contributed by atoms with Gasteiger partial charge in [-0.15, -0.1) is 0 Å². The first-order chi connectivity index (χ1) is 8.39. The summed E-state index contributed by atoms with van der Waals surface area (Å²) in [6.07, 6.45) is 0.395. The third-order valence-electron chi connectivity index (χ3n) is 3.02. The highest BCUT2D eigenvalue weighted by Gasteiger charge is 2.31. The number of halogens is 1. The molecule has 1 amide bonds. The van der Waals surface area contributed by atoms with Gasteiger partial charge in [0.2, 0.25) is 0 Å². The first kappa shape index (κ1) is 14.2. The number of benzene rings is 1. The van der Waals surface area contributed by atoms with Crippen LogP contribution in [0.2, 0.25) is 0 Å². The zero-order valence-corrected chi connectivity index (χ0v) is 10.4. The third kappa shape index (κ3) is 3.29. The van der Waals surface area contributed by atoms with Crippen LogP contribution in [0, 0.1) is 11.2 Å². The fourth-order valence-electron chi connectivity index (χ4n) is 1.36. The van der Waals surface area contributed by atoms with Crippen molar-refractivity contribution in [3.63, 3.8) is 0 Å². The van der Waals surface area contributed by atoms with Crippen molar-refractivity contribution in [2.24, 2.45) is 5.41 Å². The van der Waals surface area contributed by atoms with Gasteiger partial charge >= 0.3 is 5.97 Å². The number of carbonyl (C=O) groups excluding carboxylic acids is 1. The summed E-state index contributed by atoms with van der Waals surface area (Å²) in [4.78, 5) is 22.8. The number of amides is 1. The van der Waals surface area contributed by atoms with Crippen molar-refractivity contribution in [1.29, 1.82) is 0 Å². The van der Waals surface area contributed by atoms with Gasteiger partial charge < -0.3 is 10.4 Å². The molecule has 4 nitrogen and oxygen atoms in total. The number of aliphatic carboxylic acids is 1. The van der Waals surface area contributed by atoms with Gasteiger partial charge in [-0.05, 0) is 31.5 Å². The van der Waals surface area contributed by atoms with Gasteiger partial charge in [0.05, 0.1) is 5.41 Å². The molecule has 0 saturated carbocycles. The number of rotatable bonds is 5. The molecule has 0 aliphatic heterocycles. The van der Waals surface area contributed by atoms with Crippen molar-refractivity contribution in [2.45, 2.75) is 20.3 Å². The number of carbonyl (C=O) groups is 2.